The molecule has 0 spiro atoms. The Morgan fingerprint density at radius 2 is 2.20 bits per heavy atom. The van der Waals surface area contributed by atoms with Crippen molar-refractivity contribution in [3.8, 4) is 17.0 Å². The Hall–Kier alpha value is -3.55. The van der Waals surface area contributed by atoms with Crippen molar-refractivity contribution in [3.63, 3.8) is 0 Å². The predicted octanol–water partition coefficient (Wildman–Crippen LogP) is 3.31. The van der Waals surface area contributed by atoms with E-state index in [-0.39, 0.29) is 40.6 Å². The highest BCUT2D eigenvalue weighted by molar-refractivity contribution is 5.89. The lowest BCUT2D eigenvalue weighted by molar-refractivity contribution is -0.0675. The fraction of sp³-hybridized carbons (Fsp3) is 0.429. The van der Waals surface area contributed by atoms with Crippen LogP contribution in [0.1, 0.15) is 14.6 Å². The molecule has 14 heteroatoms. The molecule has 1 aliphatic heterocycles. The quantitative estimate of drug-likeness (QED) is 0.405. The number of benzene rings is 1. The molecule has 0 amide bonds. The molecular weight excluding hydrogens is 475 g/mol. The van der Waals surface area contributed by atoms with E-state index in [9.17, 15) is 17.6 Å². The average molecular weight is 502 g/mol. The van der Waals surface area contributed by atoms with Crippen LogP contribution in [0.4, 0.5) is 27.9 Å². The third kappa shape index (κ3) is 4.22. The molecular formula is C21H21F5N8O. The predicted molar refractivity (Wildman–Crippen MR) is 116 cm³/mol. The minimum Gasteiger partial charge on any atom is -0.479 e. The third-order valence-electron chi connectivity index (χ3n) is 5.67. The van der Waals surface area contributed by atoms with Crippen molar-refractivity contribution in [3.05, 3.63) is 30.2 Å². The smallest absolute Gasteiger partial charge is 0.280 e. The minimum atomic E-state index is -3.55. The van der Waals surface area contributed by atoms with Crippen LogP contribution in [-0.2, 0) is 6.54 Å². The highest BCUT2D eigenvalue weighted by atomic mass is 19.3. The summed E-state index contributed by atoms with van der Waals surface area (Å²) in [7, 11) is -3.09. The number of methoxy groups -OCH3 is 1. The number of hydrogen-bond donors (Lipinski definition) is 1. The maximum absolute atomic E-state index is 15.4. The van der Waals surface area contributed by atoms with Gasteiger partial charge in [0, 0.05) is 10.7 Å². The maximum Gasteiger partial charge on any atom is 0.280 e. The second kappa shape index (κ2) is 8.59. The van der Waals surface area contributed by atoms with Gasteiger partial charge in [-0.15, -0.1) is 10.2 Å². The zero-order valence-electron chi connectivity index (χ0n) is 23.7. The van der Waals surface area contributed by atoms with Crippen LogP contribution in [0, 0.1) is 5.82 Å². The van der Waals surface area contributed by atoms with Crippen molar-refractivity contribution in [2.24, 2.45) is 0 Å². The van der Waals surface area contributed by atoms with Crippen LogP contribution < -0.4 is 10.1 Å². The number of hydrogen-bond acceptors (Lipinski definition) is 7. The number of piperidine rings is 1. The van der Waals surface area contributed by atoms with Crippen molar-refractivity contribution in [1.29, 1.82) is 0 Å². The number of rotatable bonds is 6. The van der Waals surface area contributed by atoms with Crippen LogP contribution in [0.15, 0.2) is 24.4 Å². The van der Waals surface area contributed by atoms with E-state index < -0.39 is 63.1 Å². The van der Waals surface area contributed by atoms with Gasteiger partial charge in [0.25, 0.3) is 12.3 Å². The Bertz CT molecular complexity index is 1590. The molecule has 0 radical (unpaired) electrons. The molecule has 4 aromatic rings. The fourth-order valence-corrected chi connectivity index (χ4v) is 4.09. The topological polar surface area (TPSA) is 85.4 Å². The lowest BCUT2D eigenvalue weighted by Crippen LogP contribution is -2.53. The molecule has 0 saturated carbocycles. The van der Waals surface area contributed by atoms with Gasteiger partial charge in [0.05, 0.1) is 41.0 Å². The second-order valence-corrected chi connectivity index (χ2v) is 8.02. The van der Waals surface area contributed by atoms with Gasteiger partial charge in [0.15, 0.2) is 5.82 Å². The zero-order valence-corrected chi connectivity index (χ0v) is 17.7. The number of halogens is 5. The van der Waals surface area contributed by atoms with Crippen LogP contribution in [0.25, 0.3) is 27.7 Å². The van der Waals surface area contributed by atoms with E-state index in [1.807, 2.05) is 0 Å². The van der Waals surface area contributed by atoms with Gasteiger partial charge in [0.2, 0.25) is 11.8 Å². The Labute approximate surface area is 203 Å². The summed E-state index contributed by atoms with van der Waals surface area (Å²) >= 11 is 0. The Morgan fingerprint density at radius 3 is 2.94 bits per heavy atom. The van der Waals surface area contributed by atoms with Crippen molar-refractivity contribution in [2.45, 2.75) is 31.4 Å². The number of nitrogens with zero attached hydrogens (tertiary/aromatic N) is 7. The van der Waals surface area contributed by atoms with Crippen molar-refractivity contribution in [1.82, 2.24) is 34.5 Å². The first-order valence-corrected chi connectivity index (χ1v) is 10.3. The number of ether oxygens (including phenoxy) is 1. The number of anilines is 1. The van der Waals surface area contributed by atoms with Crippen LogP contribution in [0.3, 0.4) is 0 Å². The zero-order chi connectivity index (χ0) is 29.9. The molecule has 1 unspecified atom stereocenters. The summed E-state index contributed by atoms with van der Waals surface area (Å²) in [6.45, 7) is -4.78. The molecule has 1 N–H and O–H groups in total. The van der Waals surface area contributed by atoms with E-state index in [0.717, 1.165) is 15.4 Å². The Morgan fingerprint density at radius 1 is 1.34 bits per heavy atom. The first kappa shape index (κ1) is 17.0. The van der Waals surface area contributed by atoms with Crippen LogP contribution in [0.5, 0.6) is 5.88 Å². The number of aromatic nitrogens is 6. The van der Waals surface area contributed by atoms with Crippen LogP contribution in [-0.4, -0.2) is 80.0 Å². The largest absolute Gasteiger partial charge is 0.479 e. The first-order valence-electron chi connectivity index (χ1n) is 13.3. The van der Waals surface area contributed by atoms with E-state index in [0.29, 0.717) is 4.90 Å². The third-order valence-corrected chi connectivity index (χ3v) is 5.67. The summed E-state index contributed by atoms with van der Waals surface area (Å²) in [5.41, 5.74) is -0.0482. The van der Waals surface area contributed by atoms with Gasteiger partial charge in [0.1, 0.15) is 17.6 Å². The summed E-state index contributed by atoms with van der Waals surface area (Å²) in [5.74, 6) is -5.69. The Kier molecular flexibility index (Phi) is 4.17. The van der Waals surface area contributed by atoms with Crippen molar-refractivity contribution < 1.29 is 34.9 Å². The number of nitrogens with one attached hydrogen (secondary N) is 1. The monoisotopic (exact) mass is 502 g/mol. The summed E-state index contributed by atoms with van der Waals surface area (Å²) in [5, 5.41) is 13.9. The van der Waals surface area contributed by atoms with E-state index in [4.69, 9.17) is 13.0 Å². The maximum atomic E-state index is 15.4. The van der Waals surface area contributed by atoms with E-state index in [1.165, 1.54) is 18.2 Å². The van der Waals surface area contributed by atoms with Gasteiger partial charge in [-0.1, -0.05) is 11.3 Å². The van der Waals surface area contributed by atoms with E-state index >= 15 is 4.39 Å². The number of fused-ring (bicyclic) bond motifs is 2. The molecule has 9 nitrogen and oxygen atoms in total. The SMILES string of the molecule is [2H]C([2H])([2H])Oc1nc(NC2CCN(C([2H])([2H])[2H])CC2(F)F)nn2cc(F)c(-c3ccc4nnn(CC(F)F)c4c3)c12. The van der Waals surface area contributed by atoms with Crippen LogP contribution in [0.2, 0.25) is 0 Å². The van der Waals surface area contributed by atoms with Gasteiger partial charge in [-0.05, 0) is 31.1 Å². The molecule has 1 atom stereocenters. The number of likely N-dealkylation sites (tertiary alicyclic amines) is 1. The molecule has 3 aromatic heterocycles. The summed E-state index contributed by atoms with van der Waals surface area (Å²) in [6.07, 6.45) is -2.23. The Balaban J connectivity index is 1.57. The molecule has 0 bridgehead atoms. The van der Waals surface area contributed by atoms with Gasteiger partial charge >= 0.3 is 0 Å². The second-order valence-electron chi connectivity index (χ2n) is 8.02. The van der Waals surface area contributed by atoms with E-state index in [2.05, 4.69) is 25.7 Å². The summed E-state index contributed by atoms with van der Waals surface area (Å²) in [4.78, 5) is 4.60. The summed E-state index contributed by atoms with van der Waals surface area (Å²) < 4.78 is 123. The molecule has 0 aliphatic carbocycles. The highest BCUT2D eigenvalue weighted by Crippen LogP contribution is 2.36. The molecule has 186 valence electrons. The molecule has 1 fully saturated rings. The molecule has 4 heterocycles. The molecule has 35 heavy (non-hydrogen) atoms. The summed E-state index contributed by atoms with van der Waals surface area (Å²) in [6, 6.07) is 2.48. The van der Waals surface area contributed by atoms with Crippen molar-refractivity contribution >= 4 is 22.5 Å². The average Bonchev–Trinajstić information content (AvgIpc) is 3.37. The van der Waals surface area contributed by atoms with E-state index in [1.54, 1.807) is 0 Å². The molecule has 1 saturated heterocycles. The molecule has 5 rings (SSSR count). The van der Waals surface area contributed by atoms with Gasteiger partial charge in [-0.2, -0.15) is 4.98 Å². The van der Waals surface area contributed by atoms with Crippen molar-refractivity contribution in [2.75, 3.05) is 32.4 Å². The first-order chi connectivity index (χ1) is 19.0. The lowest BCUT2D eigenvalue weighted by atomic mass is 10.0. The molecule has 1 aromatic carbocycles. The minimum absolute atomic E-state index is 0.0959. The number of alkyl halides is 4. The standard InChI is InChI=1S/C21H21F5N8O/c1-32-6-5-15(21(25,26)10-32)27-20-28-19(35-2)18-17(12(22)8-34(18)30-20)11-3-4-13-14(7-11)33(31-29-13)9-16(23)24/h3-4,7-8,15-16H,5-6,9-10H2,1-2H3,(H,27,30)/i1D3,2D3. The van der Waals surface area contributed by atoms with Gasteiger partial charge < -0.3 is 15.0 Å². The normalized spacial score (nSPS) is 21.8. The fourth-order valence-electron chi connectivity index (χ4n) is 4.09. The van der Waals surface area contributed by atoms with Gasteiger partial charge in [-0.3, -0.25) is 0 Å². The van der Waals surface area contributed by atoms with Crippen LogP contribution >= 0.6 is 0 Å². The van der Waals surface area contributed by atoms with Gasteiger partial charge in [-0.25, -0.2) is 31.1 Å². The lowest BCUT2D eigenvalue weighted by Gasteiger charge is -2.36. The highest BCUT2D eigenvalue weighted by Gasteiger charge is 2.44. The molecule has 1 aliphatic rings.